The first-order valence-corrected chi connectivity index (χ1v) is 12.0. The van der Waals surface area contributed by atoms with E-state index in [1.54, 1.807) is 7.11 Å². The summed E-state index contributed by atoms with van der Waals surface area (Å²) in [6.07, 6.45) is 0.811. The van der Waals surface area contributed by atoms with Crippen LogP contribution in [-0.4, -0.2) is 44.6 Å². The third-order valence-corrected chi connectivity index (χ3v) is 6.59. The molecule has 1 fully saturated rings. The Labute approximate surface area is 203 Å². The monoisotopic (exact) mass is 457 g/mol. The molecule has 0 aliphatic carbocycles. The Balaban J connectivity index is 1.32. The summed E-state index contributed by atoms with van der Waals surface area (Å²) >= 11 is 0. The van der Waals surface area contributed by atoms with E-state index in [0.29, 0.717) is 6.54 Å². The van der Waals surface area contributed by atoms with E-state index in [2.05, 4.69) is 83.2 Å². The quantitative estimate of drug-likeness (QED) is 0.483. The number of carbonyl (C=O) groups excluding carboxylic acids is 1. The predicted octanol–water partition coefficient (Wildman–Crippen LogP) is 3.99. The number of nitrogens with zero attached hydrogens (tertiary/aromatic N) is 1. The molecular formula is C29H35N3O2. The Hall–Kier alpha value is -3.15. The molecule has 1 heterocycles. The fourth-order valence-corrected chi connectivity index (χ4v) is 4.74. The van der Waals surface area contributed by atoms with Gasteiger partial charge in [-0.3, -0.25) is 4.79 Å². The number of likely N-dealkylation sites (tertiary alicyclic amines) is 1. The zero-order valence-electron chi connectivity index (χ0n) is 20.2. The van der Waals surface area contributed by atoms with E-state index in [1.165, 1.54) is 22.3 Å². The van der Waals surface area contributed by atoms with Crippen molar-refractivity contribution in [2.75, 3.05) is 33.8 Å². The van der Waals surface area contributed by atoms with Crippen LogP contribution in [0.5, 0.6) is 5.75 Å². The average Bonchev–Trinajstić information content (AvgIpc) is 3.27. The summed E-state index contributed by atoms with van der Waals surface area (Å²) in [5.74, 6) is 1.17. The van der Waals surface area contributed by atoms with Gasteiger partial charge in [0.1, 0.15) is 5.75 Å². The van der Waals surface area contributed by atoms with Crippen LogP contribution in [0.15, 0.2) is 78.9 Å². The van der Waals surface area contributed by atoms with Crippen molar-refractivity contribution in [1.29, 1.82) is 0 Å². The highest BCUT2D eigenvalue weighted by Gasteiger charge is 2.36. The summed E-state index contributed by atoms with van der Waals surface area (Å²) in [6.45, 7) is 3.98. The van der Waals surface area contributed by atoms with Crippen molar-refractivity contribution in [1.82, 2.24) is 15.5 Å². The van der Waals surface area contributed by atoms with Crippen molar-refractivity contribution in [2.24, 2.45) is 5.92 Å². The molecule has 4 rings (SSSR count). The molecule has 1 saturated heterocycles. The minimum absolute atomic E-state index is 0.0339. The van der Waals surface area contributed by atoms with Crippen LogP contribution < -0.4 is 15.4 Å². The minimum Gasteiger partial charge on any atom is -0.497 e. The Morgan fingerprint density at radius 1 is 0.912 bits per heavy atom. The molecule has 2 atom stereocenters. The van der Waals surface area contributed by atoms with Crippen molar-refractivity contribution >= 4 is 5.91 Å². The second-order valence-electron chi connectivity index (χ2n) is 9.16. The number of hydrogen-bond donors (Lipinski definition) is 2. The first-order valence-electron chi connectivity index (χ1n) is 12.0. The first kappa shape index (κ1) is 24.0. The highest BCUT2D eigenvalue weighted by Crippen LogP contribution is 2.32. The molecule has 1 aliphatic rings. The average molecular weight is 458 g/mol. The molecule has 3 aromatic carbocycles. The molecule has 0 aromatic heterocycles. The zero-order chi connectivity index (χ0) is 23.8. The van der Waals surface area contributed by atoms with Gasteiger partial charge in [0.2, 0.25) is 5.91 Å². The van der Waals surface area contributed by atoms with Crippen LogP contribution in [0.2, 0.25) is 0 Å². The predicted molar refractivity (Wildman–Crippen MR) is 137 cm³/mol. The summed E-state index contributed by atoms with van der Waals surface area (Å²) in [4.78, 5) is 15.4. The fraction of sp³-hybridized carbons (Fsp3) is 0.345. The van der Waals surface area contributed by atoms with Crippen molar-refractivity contribution in [3.63, 3.8) is 0 Å². The highest BCUT2D eigenvalue weighted by atomic mass is 16.5. The number of ether oxygens (including phenoxy) is 1. The van der Waals surface area contributed by atoms with Gasteiger partial charge in [0.05, 0.1) is 13.0 Å². The molecule has 5 nitrogen and oxygen atoms in total. The number of amides is 1. The second kappa shape index (κ2) is 11.8. The molecule has 3 aromatic rings. The molecule has 34 heavy (non-hydrogen) atoms. The van der Waals surface area contributed by atoms with Crippen LogP contribution >= 0.6 is 0 Å². The molecule has 0 bridgehead atoms. The number of methoxy groups -OCH3 is 1. The second-order valence-corrected chi connectivity index (χ2v) is 9.16. The van der Waals surface area contributed by atoms with E-state index in [1.807, 2.05) is 18.2 Å². The van der Waals surface area contributed by atoms with E-state index in [9.17, 15) is 4.79 Å². The van der Waals surface area contributed by atoms with Crippen LogP contribution in [0.25, 0.3) is 0 Å². The van der Waals surface area contributed by atoms with Gasteiger partial charge < -0.3 is 20.3 Å². The molecular weight excluding hydrogens is 422 g/mol. The van der Waals surface area contributed by atoms with Gasteiger partial charge in [-0.2, -0.15) is 0 Å². The summed E-state index contributed by atoms with van der Waals surface area (Å²) in [6, 6.07) is 27.2. The number of nitrogens with one attached hydrogen (secondary N) is 2. The van der Waals surface area contributed by atoms with Crippen molar-refractivity contribution in [3.8, 4) is 5.75 Å². The molecule has 0 spiro atoms. The standard InChI is InChI=1S/C29H35N3O2/c1-32-20-27(25-10-6-9-24(17-25)19-30-18-23-7-4-3-5-8-23)28(21-32)29(33)31-16-15-22-11-13-26(34-2)14-12-22/h3-14,17,27-28,30H,15-16,18-21H2,1-2H3,(H,31,33)/t27-,28+/m1/s1. The number of benzene rings is 3. The third-order valence-electron chi connectivity index (χ3n) is 6.59. The van der Waals surface area contributed by atoms with E-state index in [4.69, 9.17) is 4.74 Å². The Morgan fingerprint density at radius 3 is 2.41 bits per heavy atom. The van der Waals surface area contributed by atoms with Gasteiger partial charge in [0.25, 0.3) is 0 Å². The van der Waals surface area contributed by atoms with Gasteiger partial charge in [-0.25, -0.2) is 0 Å². The molecule has 0 saturated carbocycles. The largest absolute Gasteiger partial charge is 0.497 e. The molecule has 2 N–H and O–H groups in total. The van der Waals surface area contributed by atoms with Crippen molar-refractivity contribution in [3.05, 3.63) is 101 Å². The van der Waals surface area contributed by atoms with Gasteiger partial charge in [-0.15, -0.1) is 0 Å². The lowest BCUT2D eigenvalue weighted by Gasteiger charge is -2.19. The molecule has 1 amide bonds. The van der Waals surface area contributed by atoms with Crippen LogP contribution in [0, 0.1) is 5.92 Å². The van der Waals surface area contributed by atoms with Gasteiger partial charge in [-0.05, 0) is 47.9 Å². The fourth-order valence-electron chi connectivity index (χ4n) is 4.74. The lowest BCUT2D eigenvalue weighted by Crippen LogP contribution is -2.35. The SMILES string of the molecule is COc1ccc(CCNC(=O)[C@H]2CN(C)C[C@@H]2c2cccc(CNCc3ccccc3)c2)cc1. The Bertz CT molecular complexity index is 1050. The Kier molecular flexibility index (Phi) is 8.34. The normalized spacial score (nSPS) is 18.1. The lowest BCUT2D eigenvalue weighted by atomic mass is 9.87. The van der Waals surface area contributed by atoms with E-state index in [-0.39, 0.29) is 17.7 Å². The van der Waals surface area contributed by atoms with Gasteiger partial charge in [-0.1, -0.05) is 66.7 Å². The van der Waals surface area contributed by atoms with Gasteiger partial charge in [0, 0.05) is 38.6 Å². The lowest BCUT2D eigenvalue weighted by molar-refractivity contribution is -0.124. The molecule has 178 valence electrons. The van der Waals surface area contributed by atoms with E-state index in [0.717, 1.165) is 38.3 Å². The molecule has 0 radical (unpaired) electrons. The molecule has 5 heteroatoms. The Morgan fingerprint density at radius 2 is 1.65 bits per heavy atom. The summed E-state index contributed by atoms with van der Waals surface area (Å²) in [7, 11) is 3.77. The summed E-state index contributed by atoms with van der Waals surface area (Å²) in [5.41, 5.74) is 4.97. The van der Waals surface area contributed by atoms with Crippen molar-refractivity contribution < 1.29 is 9.53 Å². The minimum atomic E-state index is -0.0339. The van der Waals surface area contributed by atoms with Crippen molar-refractivity contribution in [2.45, 2.75) is 25.4 Å². The van der Waals surface area contributed by atoms with Crippen LogP contribution in [0.4, 0.5) is 0 Å². The topological polar surface area (TPSA) is 53.6 Å². The zero-order valence-corrected chi connectivity index (χ0v) is 20.2. The maximum atomic E-state index is 13.1. The smallest absolute Gasteiger partial charge is 0.225 e. The number of likely N-dealkylation sites (N-methyl/N-ethyl adjacent to an activating group) is 1. The van der Waals surface area contributed by atoms with Crippen LogP contribution in [0.1, 0.15) is 28.2 Å². The number of rotatable bonds is 10. The van der Waals surface area contributed by atoms with E-state index >= 15 is 0 Å². The van der Waals surface area contributed by atoms with Gasteiger partial charge >= 0.3 is 0 Å². The first-order chi connectivity index (χ1) is 16.6. The maximum Gasteiger partial charge on any atom is 0.225 e. The molecule has 0 unspecified atom stereocenters. The van der Waals surface area contributed by atoms with E-state index < -0.39 is 0 Å². The third kappa shape index (κ3) is 6.46. The van der Waals surface area contributed by atoms with Crippen LogP contribution in [0.3, 0.4) is 0 Å². The summed E-state index contributed by atoms with van der Waals surface area (Å²) in [5, 5.41) is 6.71. The number of hydrogen-bond acceptors (Lipinski definition) is 4. The van der Waals surface area contributed by atoms with Gasteiger partial charge in [0.15, 0.2) is 0 Å². The number of carbonyl (C=O) groups is 1. The van der Waals surface area contributed by atoms with Crippen LogP contribution in [-0.2, 0) is 24.3 Å². The summed E-state index contributed by atoms with van der Waals surface area (Å²) < 4.78 is 5.22. The molecule has 1 aliphatic heterocycles. The maximum absolute atomic E-state index is 13.1. The highest BCUT2D eigenvalue weighted by molar-refractivity contribution is 5.80.